The van der Waals surface area contributed by atoms with E-state index in [1.54, 1.807) is 11.9 Å². The van der Waals surface area contributed by atoms with Crippen LogP contribution in [0.1, 0.15) is 19.8 Å². The van der Waals surface area contributed by atoms with E-state index in [0.717, 1.165) is 0 Å². The number of carboxylic acid groups (broad SMARTS) is 1. The SMILES string of the molecule is CC(CCC(=O)O)CNC(=O)N1CCN(C)C(=O)C1. The summed E-state index contributed by atoms with van der Waals surface area (Å²) in [4.78, 5) is 36.8. The van der Waals surface area contributed by atoms with Gasteiger partial charge in [0.2, 0.25) is 5.91 Å². The van der Waals surface area contributed by atoms with Gasteiger partial charge < -0.3 is 20.2 Å². The molecule has 0 radical (unpaired) electrons. The van der Waals surface area contributed by atoms with E-state index in [9.17, 15) is 14.4 Å². The number of hydrogen-bond acceptors (Lipinski definition) is 3. The van der Waals surface area contributed by atoms with Gasteiger partial charge in [0.15, 0.2) is 0 Å². The Morgan fingerprint density at radius 3 is 2.68 bits per heavy atom. The fourth-order valence-electron chi connectivity index (χ4n) is 1.78. The van der Waals surface area contributed by atoms with Crippen LogP contribution in [-0.2, 0) is 9.59 Å². The molecule has 0 aromatic heterocycles. The summed E-state index contributed by atoms with van der Waals surface area (Å²) >= 11 is 0. The molecule has 1 saturated heterocycles. The normalized spacial score (nSPS) is 17.3. The molecule has 1 atom stereocenters. The first-order valence-electron chi connectivity index (χ1n) is 6.38. The van der Waals surface area contributed by atoms with E-state index in [4.69, 9.17) is 5.11 Å². The summed E-state index contributed by atoms with van der Waals surface area (Å²) in [6.07, 6.45) is 0.626. The summed E-state index contributed by atoms with van der Waals surface area (Å²) in [5.74, 6) is -0.800. The van der Waals surface area contributed by atoms with Crippen LogP contribution >= 0.6 is 0 Å². The molecule has 0 aliphatic carbocycles. The van der Waals surface area contributed by atoms with Crippen molar-refractivity contribution in [1.29, 1.82) is 0 Å². The summed E-state index contributed by atoms with van der Waals surface area (Å²) in [6, 6.07) is -0.261. The standard InChI is InChI=1S/C12H21N3O4/c1-9(3-4-11(17)18)7-13-12(19)15-6-5-14(2)10(16)8-15/h9H,3-8H2,1-2H3,(H,13,19)(H,17,18). The molecule has 7 heteroatoms. The number of amides is 3. The number of likely N-dealkylation sites (N-methyl/N-ethyl adjacent to an activating group) is 1. The van der Waals surface area contributed by atoms with Crippen molar-refractivity contribution in [2.24, 2.45) is 5.92 Å². The monoisotopic (exact) mass is 271 g/mol. The molecule has 7 nitrogen and oxygen atoms in total. The lowest BCUT2D eigenvalue weighted by molar-refractivity contribution is -0.137. The molecule has 0 aromatic carbocycles. The van der Waals surface area contributed by atoms with Crippen LogP contribution in [-0.4, -0.2) is 66.0 Å². The van der Waals surface area contributed by atoms with E-state index in [0.29, 0.717) is 26.1 Å². The molecule has 1 rings (SSSR count). The van der Waals surface area contributed by atoms with Gasteiger partial charge in [0, 0.05) is 33.1 Å². The minimum Gasteiger partial charge on any atom is -0.481 e. The van der Waals surface area contributed by atoms with Crippen molar-refractivity contribution in [3.63, 3.8) is 0 Å². The molecule has 0 bridgehead atoms. The molecule has 0 saturated carbocycles. The number of carbonyl (C=O) groups is 3. The first-order chi connectivity index (χ1) is 8.90. The fourth-order valence-corrected chi connectivity index (χ4v) is 1.78. The Labute approximate surface area is 112 Å². The largest absolute Gasteiger partial charge is 0.481 e. The molecule has 1 unspecified atom stereocenters. The summed E-state index contributed by atoms with van der Waals surface area (Å²) in [6.45, 7) is 3.48. The van der Waals surface area contributed by atoms with Crippen molar-refractivity contribution in [3.8, 4) is 0 Å². The zero-order chi connectivity index (χ0) is 14.4. The van der Waals surface area contributed by atoms with Gasteiger partial charge in [-0.25, -0.2) is 4.79 Å². The van der Waals surface area contributed by atoms with Crippen LogP contribution in [0.5, 0.6) is 0 Å². The Bertz CT molecular complexity index is 359. The van der Waals surface area contributed by atoms with Gasteiger partial charge in [0.25, 0.3) is 0 Å². The van der Waals surface area contributed by atoms with Gasteiger partial charge in [-0.1, -0.05) is 6.92 Å². The number of urea groups is 1. The fraction of sp³-hybridized carbons (Fsp3) is 0.750. The summed E-state index contributed by atoms with van der Waals surface area (Å²) in [5, 5.41) is 11.3. The highest BCUT2D eigenvalue weighted by atomic mass is 16.4. The third kappa shape index (κ3) is 5.15. The first-order valence-corrected chi connectivity index (χ1v) is 6.38. The number of rotatable bonds is 5. The van der Waals surface area contributed by atoms with Crippen molar-refractivity contribution >= 4 is 17.9 Å². The van der Waals surface area contributed by atoms with E-state index < -0.39 is 5.97 Å². The van der Waals surface area contributed by atoms with Gasteiger partial charge in [-0.3, -0.25) is 9.59 Å². The highest BCUT2D eigenvalue weighted by molar-refractivity contribution is 5.85. The quantitative estimate of drug-likeness (QED) is 0.735. The van der Waals surface area contributed by atoms with Crippen molar-refractivity contribution in [2.45, 2.75) is 19.8 Å². The number of piperazine rings is 1. The predicted octanol–water partition coefficient (Wildman–Crippen LogP) is -0.0291. The van der Waals surface area contributed by atoms with Crippen LogP contribution in [0, 0.1) is 5.92 Å². The van der Waals surface area contributed by atoms with Gasteiger partial charge in [-0.2, -0.15) is 0 Å². The average Bonchev–Trinajstić information content (AvgIpc) is 2.36. The second-order valence-electron chi connectivity index (χ2n) is 4.96. The minimum atomic E-state index is -0.831. The van der Waals surface area contributed by atoms with Crippen LogP contribution < -0.4 is 5.32 Å². The van der Waals surface area contributed by atoms with Gasteiger partial charge >= 0.3 is 12.0 Å². The summed E-state index contributed by atoms with van der Waals surface area (Å²) in [7, 11) is 1.71. The second kappa shape index (κ2) is 6.96. The highest BCUT2D eigenvalue weighted by Gasteiger charge is 2.24. The number of carboxylic acids is 1. The molecular formula is C12H21N3O4. The van der Waals surface area contributed by atoms with Crippen molar-refractivity contribution in [2.75, 3.05) is 33.2 Å². The third-order valence-electron chi connectivity index (χ3n) is 3.20. The lowest BCUT2D eigenvalue weighted by Crippen LogP contribution is -2.53. The number of hydrogen-bond donors (Lipinski definition) is 2. The van der Waals surface area contributed by atoms with E-state index in [2.05, 4.69) is 5.32 Å². The zero-order valence-corrected chi connectivity index (χ0v) is 11.4. The number of aliphatic carboxylic acids is 1. The van der Waals surface area contributed by atoms with Crippen LogP contribution in [0.25, 0.3) is 0 Å². The van der Waals surface area contributed by atoms with E-state index in [1.807, 2.05) is 6.92 Å². The lowest BCUT2D eigenvalue weighted by Gasteiger charge is -2.32. The molecule has 3 amide bonds. The zero-order valence-electron chi connectivity index (χ0n) is 11.4. The molecule has 0 spiro atoms. The molecule has 2 N–H and O–H groups in total. The van der Waals surface area contributed by atoms with Crippen molar-refractivity contribution in [3.05, 3.63) is 0 Å². The third-order valence-corrected chi connectivity index (χ3v) is 3.20. The minimum absolute atomic E-state index is 0.0691. The molecule has 108 valence electrons. The molecule has 1 heterocycles. The average molecular weight is 271 g/mol. The molecule has 1 aliphatic heterocycles. The Morgan fingerprint density at radius 2 is 2.11 bits per heavy atom. The number of nitrogens with one attached hydrogen (secondary N) is 1. The molecule has 1 fully saturated rings. The van der Waals surface area contributed by atoms with E-state index >= 15 is 0 Å². The first kappa shape index (κ1) is 15.3. The number of nitrogens with zero attached hydrogens (tertiary/aromatic N) is 2. The maximum absolute atomic E-state index is 11.8. The van der Waals surface area contributed by atoms with E-state index in [-0.39, 0.29) is 30.8 Å². The summed E-state index contributed by atoms with van der Waals surface area (Å²) < 4.78 is 0. The second-order valence-corrected chi connectivity index (χ2v) is 4.96. The van der Waals surface area contributed by atoms with Crippen LogP contribution in [0.2, 0.25) is 0 Å². The van der Waals surface area contributed by atoms with Gasteiger partial charge in [-0.05, 0) is 12.3 Å². The van der Waals surface area contributed by atoms with Crippen LogP contribution in [0.3, 0.4) is 0 Å². The number of carbonyl (C=O) groups excluding carboxylic acids is 2. The molecule has 1 aliphatic rings. The highest BCUT2D eigenvalue weighted by Crippen LogP contribution is 2.05. The Kier molecular flexibility index (Phi) is 5.59. The van der Waals surface area contributed by atoms with Crippen molar-refractivity contribution < 1.29 is 19.5 Å². The Balaban J connectivity index is 2.27. The molecular weight excluding hydrogens is 250 g/mol. The van der Waals surface area contributed by atoms with E-state index in [1.165, 1.54) is 4.90 Å². The Morgan fingerprint density at radius 1 is 1.42 bits per heavy atom. The molecule has 0 aromatic rings. The van der Waals surface area contributed by atoms with Crippen LogP contribution in [0.15, 0.2) is 0 Å². The maximum Gasteiger partial charge on any atom is 0.317 e. The van der Waals surface area contributed by atoms with Crippen LogP contribution in [0.4, 0.5) is 4.79 Å². The smallest absolute Gasteiger partial charge is 0.317 e. The molecule has 19 heavy (non-hydrogen) atoms. The lowest BCUT2D eigenvalue weighted by atomic mass is 10.1. The predicted molar refractivity (Wildman–Crippen MR) is 68.6 cm³/mol. The van der Waals surface area contributed by atoms with Crippen molar-refractivity contribution in [1.82, 2.24) is 15.1 Å². The summed E-state index contributed by atoms with van der Waals surface area (Å²) in [5.41, 5.74) is 0. The van der Waals surface area contributed by atoms with Gasteiger partial charge in [0.1, 0.15) is 6.54 Å². The Hall–Kier alpha value is -1.79. The topological polar surface area (TPSA) is 89.9 Å². The van der Waals surface area contributed by atoms with Gasteiger partial charge in [0.05, 0.1) is 0 Å². The maximum atomic E-state index is 11.8. The van der Waals surface area contributed by atoms with Gasteiger partial charge in [-0.15, -0.1) is 0 Å².